The second-order valence-electron chi connectivity index (χ2n) is 8.05. The van der Waals surface area contributed by atoms with Crippen LogP contribution in [0.5, 0.6) is 0 Å². The summed E-state index contributed by atoms with van der Waals surface area (Å²) in [5.74, 6) is -1.15. The van der Waals surface area contributed by atoms with Crippen molar-refractivity contribution in [3.63, 3.8) is 0 Å². The molecule has 0 aromatic carbocycles. The minimum absolute atomic E-state index is 0.0102. The maximum Gasteiger partial charge on any atom is 0.410 e. The molecule has 3 rings (SSSR count). The number of fused-ring (bicyclic) bond motifs is 1. The Morgan fingerprint density at radius 1 is 1.21 bits per heavy atom. The molecule has 0 saturated carbocycles. The summed E-state index contributed by atoms with van der Waals surface area (Å²) >= 11 is 0. The standard InChI is InChI=1S/C23H29N3O7/c1-4-15(2)18-11-16-7-8-24(23(31)33-10-9-32-3)13-19(16)26(22(18)30)17-5-6-20(27)25(12-17)14-21(28)29/h5-6,11-12,15H,4,7-10,13-14H2,1-3H3,(H,28,29)/t15-/m1/s1. The lowest BCUT2D eigenvalue weighted by Crippen LogP contribution is -2.41. The van der Waals surface area contributed by atoms with Gasteiger partial charge < -0.3 is 24.0 Å². The molecule has 0 unspecified atom stereocenters. The van der Waals surface area contributed by atoms with E-state index in [-0.39, 0.29) is 31.2 Å². The van der Waals surface area contributed by atoms with E-state index in [0.717, 1.165) is 16.6 Å². The summed E-state index contributed by atoms with van der Waals surface area (Å²) in [6.45, 7) is 4.44. The number of methoxy groups -OCH3 is 1. The number of carboxylic acid groups (broad SMARTS) is 1. The molecule has 0 saturated heterocycles. The number of hydrogen-bond acceptors (Lipinski definition) is 6. The summed E-state index contributed by atoms with van der Waals surface area (Å²) in [5, 5.41) is 9.14. The van der Waals surface area contributed by atoms with E-state index in [2.05, 4.69) is 0 Å². The minimum atomic E-state index is -1.16. The zero-order chi connectivity index (χ0) is 24.1. The van der Waals surface area contributed by atoms with Crippen molar-refractivity contribution in [2.75, 3.05) is 26.9 Å². The van der Waals surface area contributed by atoms with Crippen molar-refractivity contribution >= 4 is 12.1 Å². The van der Waals surface area contributed by atoms with Gasteiger partial charge in [0.25, 0.3) is 11.1 Å². The maximum absolute atomic E-state index is 13.6. The van der Waals surface area contributed by atoms with Gasteiger partial charge in [-0.3, -0.25) is 19.0 Å². The Kier molecular flexibility index (Phi) is 7.70. The molecule has 0 aliphatic carbocycles. The van der Waals surface area contributed by atoms with Crippen LogP contribution in [0.4, 0.5) is 4.79 Å². The number of hydrogen-bond donors (Lipinski definition) is 1. The average Bonchev–Trinajstić information content (AvgIpc) is 2.79. The second-order valence-corrected chi connectivity index (χ2v) is 8.05. The van der Waals surface area contributed by atoms with Crippen LogP contribution in [-0.4, -0.2) is 58.1 Å². The van der Waals surface area contributed by atoms with E-state index >= 15 is 0 Å². The Hall–Kier alpha value is -3.40. The van der Waals surface area contributed by atoms with Crippen LogP contribution in [0.3, 0.4) is 0 Å². The van der Waals surface area contributed by atoms with E-state index in [1.165, 1.54) is 34.9 Å². The molecule has 2 aromatic rings. The number of aromatic nitrogens is 2. The predicted octanol–water partition coefficient (Wildman–Crippen LogP) is 1.74. The molecule has 2 aromatic heterocycles. The van der Waals surface area contributed by atoms with Crippen molar-refractivity contribution in [2.24, 2.45) is 0 Å². The van der Waals surface area contributed by atoms with Crippen molar-refractivity contribution in [3.8, 4) is 5.69 Å². The number of rotatable bonds is 8. The van der Waals surface area contributed by atoms with Gasteiger partial charge in [-0.25, -0.2) is 4.79 Å². The number of aliphatic carboxylic acids is 1. The molecule has 1 aliphatic rings. The lowest BCUT2D eigenvalue weighted by Gasteiger charge is -2.31. The summed E-state index contributed by atoms with van der Waals surface area (Å²) in [6.07, 6.45) is 2.17. The predicted molar refractivity (Wildman–Crippen MR) is 120 cm³/mol. The molecule has 33 heavy (non-hydrogen) atoms. The fourth-order valence-electron chi connectivity index (χ4n) is 3.86. The molecule has 1 amide bonds. The summed E-state index contributed by atoms with van der Waals surface area (Å²) in [5.41, 5.74) is 1.83. The van der Waals surface area contributed by atoms with Gasteiger partial charge in [0.1, 0.15) is 13.2 Å². The Balaban J connectivity index is 2.11. The SMILES string of the molecule is CC[C@@H](C)c1cc2c(n(-c3ccc(=O)n(CC(=O)O)c3)c1=O)CN(C(=O)OCCOC)CC2. The maximum atomic E-state index is 13.6. The van der Waals surface area contributed by atoms with Crippen molar-refractivity contribution < 1.29 is 24.2 Å². The molecule has 0 bridgehead atoms. The van der Waals surface area contributed by atoms with Crippen molar-refractivity contribution in [1.29, 1.82) is 0 Å². The first-order valence-corrected chi connectivity index (χ1v) is 10.9. The molecule has 1 atom stereocenters. The number of carbonyl (C=O) groups excluding carboxylic acids is 1. The van der Waals surface area contributed by atoms with Gasteiger partial charge in [0.2, 0.25) is 0 Å². The highest BCUT2D eigenvalue weighted by Crippen LogP contribution is 2.25. The van der Waals surface area contributed by atoms with Crippen LogP contribution in [0.2, 0.25) is 0 Å². The zero-order valence-corrected chi connectivity index (χ0v) is 19.1. The Labute approximate surface area is 191 Å². The largest absolute Gasteiger partial charge is 0.480 e. The summed E-state index contributed by atoms with van der Waals surface area (Å²) in [4.78, 5) is 50.9. The third-order valence-electron chi connectivity index (χ3n) is 5.86. The molecule has 3 heterocycles. The van der Waals surface area contributed by atoms with E-state index in [4.69, 9.17) is 14.6 Å². The highest BCUT2D eigenvalue weighted by atomic mass is 16.6. The summed E-state index contributed by atoms with van der Waals surface area (Å²) in [7, 11) is 1.52. The highest BCUT2D eigenvalue weighted by molar-refractivity contribution is 5.68. The molecule has 1 aliphatic heterocycles. The average molecular weight is 459 g/mol. The number of pyridine rings is 2. The van der Waals surface area contributed by atoms with Gasteiger partial charge in [-0.05, 0) is 36.5 Å². The van der Waals surface area contributed by atoms with E-state index in [1.807, 2.05) is 19.9 Å². The molecule has 1 N–H and O–H groups in total. The van der Waals surface area contributed by atoms with E-state index < -0.39 is 24.2 Å². The number of ether oxygens (including phenoxy) is 2. The quantitative estimate of drug-likeness (QED) is 0.597. The number of nitrogens with zero attached hydrogens (tertiary/aromatic N) is 3. The van der Waals surface area contributed by atoms with Crippen LogP contribution >= 0.6 is 0 Å². The van der Waals surface area contributed by atoms with Crippen molar-refractivity contribution in [3.05, 3.63) is 61.9 Å². The molecular formula is C23H29N3O7. The highest BCUT2D eigenvalue weighted by Gasteiger charge is 2.27. The van der Waals surface area contributed by atoms with Gasteiger partial charge in [0.15, 0.2) is 0 Å². The van der Waals surface area contributed by atoms with Crippen molar-refractivity contribution in [2.45, 2.75) is 45.7 Å². The fourth-order valence-corrected chi connectivity index (χ4v) is 3.86. The third kappa shape index (κ3) is 5.33. The van der Waals surface area contributed by atoms with Crippen LogP contribution in [0.15, 0.2) is 34.0 Å². The lowest BCUT2D eigenvalue weighted by molar-refractivity contribution is -0.137. The van der Waals surface area contributed by atoms with Crippen LogP contribution in [-0.2, 0) is 33.8 Å². The monoisotopic (exact) mass is 459 g/mol. The summed E-state index contributed by atoms with van der Waals surface area (Å²) < 4.78 is 12.7. The molecule has 0 fully saturated rings. The number of amides is 1. The van der Waals surface area contributed by atoms with Gasteiger partial charge in [-0.1, -0.05) is 13.8 Å². The smallest absolute Gasteiger partial charge is 0.410 e. The zero-order valence-electron chi connectivity index (χ0n) is 19.1. The summed E-state index contributed by atoms with van der Waals surface area (Å²) in [6, 6.07) is 4.65. The van der Waals surface area contributed by atoms with E-state index in [1.54, 1.807) is 0 Å². The van der Waals surface area contributed by atoms with Crippen LogP contribution in [0.25, 0.3) is 5.69 Å². The topological polar surface area (TPSA) is 120 Å². The van der Waals surface area contributed by atoms with E-state index in [0.29, 0.717) is 29.9 Å². The second kappa shape index (κ2) is 10.5. The van der Waals surface area contributed by atoms with Gasteiger partial charge in [0, 0.05) is 37.2 Å². The number of carbonyl (C=O) groups is 2. The molecule has 10 nitrogen and oxygen atoms in total. The Morgan fingerprint density at radius 3 is 2.64 bits per heavy atom. The Morgan fingerprint density at radius 2 is 1.97 bits per heavy atom. The molecule has 178 valence electrons. The van der Waals surface area contributed by atoms with Gasteiger partial charge >= 0.3 is 12.1 Å². The van der Waals surface area contributed by atoms with Crippen LogP contribution < -0.4 is 11.1 Å². The van der Waals surface area contributed by atoms with Crippen molar-refractivity contribution in [1.82, 2.24) is 14.0 Å². The third-order valence-corrected chi connectivity index (χ3v) is 5.86. The molecule has 0 spiro atoms. The molecule has 0 radical (unpaired) electrons. The first kappa shape index (κ1) is 24.2. The molecule has 10 heteroatoms. The first-order chi connectivity index (χ1) is 15.8. The lowest BCUT2D eigenvalue weighted by atomic mass is 9.94. The van der Waals surface area contributed by atoms with Gasteiger partial charge in [-0.2, -0.15) is 0 Å². The Bertz CT molecular complexity index is 1150. The van der Waals surface area contributed by atoms with Crippen LogP contribution in [0, 0.1) is 0 Å². The van der Waals surface area contributed by atoms with Gasteiger partial charge in [0.05, 0.1) is 18.8 Å². The molecular weight excluding hydrogens is 430 g/mol. The minimum Gasteiger partial charge on any atom is -0.480 e. The number of carboxylic acids is 1. The fraction of sp³-hybridized carbons (Fsp3) is 0.478. The van der Waals surface area contributed by atoms with Gasteiger partial charge in [-0.15, -0.1) is 0 Å². The first-order valence-electron chi connectivity index (χ1n) is 10.9. The van der Waals surface area contributed by atoms with Crippen LogP contribution in [0.1, 0.15) is 43.0 Å². The normalized spacial score (nSPS) is 14.0. The van der Waals surface area contributed by atoms with E-state index in [9.17, 15) is 19.2 Å².